The molecule has 1 unspecified atom stereocenters. The van der Waals surface area contributed by atoms with Gasteiger partial charge in [-0.25, -0.2) is 9.48 Å². The molecule has 1 saturated carbocycles. The SMILES string of the molecule is COC(=O)c1cccc(N(C(=O)Cn2nnc3ccccc32)C(C(=O)NC2CCCC2)c2cccc(OC)c2)c1. The third-order valence-electron chi connectivity index (χ3n) is 7.14. The van der Waals surface area contributed by atoms with Crippen molar-refractivity contribution in [2.45, 2.75) is 44.3 Å². The first kappa shape index (κ1) is 26.9. The van der Waals surface area contributed by atoms with Gasteiger partial charge in [-0.3, -0.25) is 14.5 Å². The van der Waals surface area contributed by atoms with E-state index >= 15 is 0 Å². The van der Waals surface area contributed by atoms with E-state index in [0.29, 0.717) is 28.0 Å². The summed E-state index contributed by atoms with van der Waals surface area (Å²) in [7, 11) is 2.84. The lowest BCUT2D eigenvalue weighted by Gasteiger charge is -2.32. The van der Waals surface area contributed by atoms with Gasteiger partial charge in [0.1, 0.15) is 23.9 Å². The second-order valence-corrected chi connectivity index (χ2v) is 9.71. The lowest BCUT2D eigenvalue weighted by atomic mass is 10.0. The Labute approximate surface area is 231 Å². The Morgan fingerprint density at radius 1 is 1.00 bits per heavy atom. The van der Waals surface area contributed by atoms with Gasteiger partial charge in [0, 0.05) is 11.7 Å². The number of esters is 1. The summed E-state index contributed by atoms with van der Waals surface area (Å²) in [5.74, 6) is -0.730. The molecule has 1 aromatic heterocycles. The number of hydrogen-bond donors (Lipinski definition) is 1. The van der Waals surface area contributed by atoms with Crippen LogP contribution < -0.4 is 15.0 Å². The Kier molecular flexibility index (Phi) is 8.04. The van der Waals surface area contributed by atoms with Crippen LogP contribution in [0.4, 0.5) is 5.69 Å². The summed E-state index contributed by atoms with van der Waals surface area (Å²) < 4.78 is 11.9. The number of para-hydroxylation sites is 1. The average Bonchev–Trinajstić information content (AvgIpc) is 3.65. The van der Waals surface area contributed by atoms with Crippen LogP contribution in [0.25, 0.3) is 11.0 Å². The molecule has 40 heavy (non-hydrogen) atoms. The molecule has 1 atom stereocenters. The molecule has 3 aromatic carbocycles. The zero-order valence-corrected chi connectivity index (χ0v) is 22.4. The molecule has 10 nitrogen and oxygen atoms in total. The number of anilines is 1. The number of amides is 2. The lowest BCUT2D eigenvalue weighted by Crippen LogP contribution is -2.47. The lowest BCUT2D eigenvalue weighted by molar-refractivity contribution is -0.127. The number of carbonyl (C=O) groups excluding carboxylic acids is 3. The van der Waals surface area contributed by atoms with Crippen molar-refractivity contribution in [2.24, 2.45) is 0 Å². The molecule has 5 rings (SSSR count). The fourth-order valence-electron chi connectivity index (χ4n) is 5.16. The number of methoxy groups -OCH3 is 2. The van der Waals surface area contributed by atoms with Crippen LogP contribution in [-0.2, 0) is 20.9 Å². The highest BCUT2D eigenvalue weighted by molar-refractivity contribution is 6.02. The number of carbonyl (C=O) groups is 3. The van der Waals surface area contributed by atoms with Crippen LogP contribution >= 0.6 is 0 Å². The molecule has 0 radical (unpaired) electrons. The molecule has 206 valence electrons. The zero-order chi connectivity index (χ0) is 28.1. The van der Waals surface area contributed by atoms with Crippen molar-refractivity contribution in [1.82, 2.24) is 20.3 Å². The van der Waals surface area contributed by atoms with Gasteiger partial charge in [0.15, 0.2) is 0 Å². The number of benzene rings is 3. The molecule has 0 saturated heterocycles. The summed E-state index contributed by atoms with van der Waals surface area (Å²) in [6.07, 6.45) is 3.84. The maximum atomic E-state index is 14.2. The van der Waals surface area contributed by atoms with Crippen molar-refractivity contribution >= 4 is 34.5 Å². The highest BCUT2D eigenvalue weighted by atomic mass is 16.5. The maximum Gasteiger partial charge on any atom is 0.337 e. The zero-order valence-electron chi connectivity index (χ0n) is 22.4. The normalized spacial score (nSPS) is 14.1. The Hall–Kier alpha value is -4.73. The number of ether oxygens (including phenoxy) is 2. The molecular formula is C30H31N5O5. The van der Waals surface area contributed by atoms with E-state index in [1.165, 1.54) is 16.7 Å². The molecule has 1 aliphatic carbocycles. The first-order valence-corrected chi connectivity index (χ1v) is 13.2. The van der Waals surface area contributed by atoms with Crippen molar-refractivity contribution in [3.05, 3.63) is 83.9 Å². The summed E-state index contributed by atoms with van der Waals surface area (Å²) in [5.41, 5.74) is 2.52. The van der Waals surface area contributed by atoms with E-state index in [4.69, 9.17) is 9.47 Å². The van der Waals surface area contributed by atoms with Crippen LogP contribution in [0.2, 0.25) is 0 Å². The van der Waals surface area contributed by atoms with E-state index < -0.39 is 17.9 Å². The standard InChI is InChI=1S/C30H31N5O5/c1-39-24-14-8-9-20(18-24)28(29(37)31-22-11-3-4-12-22)35(23-13-7-10-21(17-23)30(38)40-2)27(36)19-34-26-16-6-5-15-25(26)32-33-34/h5-10,13-18,22,28H,3-4,11-12,19H2,1-2H3,(H,31,37). The van der Waals surface area contributed by atoms with Crippen LogP contribution in [0.15, 0.2) is 72.8 Å². The van der Waals surface area contributed by atoms with Gasteiger partial charge in [0.2, 0.25) is 11.8 Å². The molecule has 1 N–H and O–H groups in total. The van der Waals surface area contributed by atoms with Gasteiger partial charge in [-0.05, 0) is 60.9 Å². The minimum atomic E-state index is -1.05. The Bertz CT molecular complexity index is 1530. The predicted octanol–water partition coefficient (Wildman–Crippen LogP) is 4.06. The van der Waals surface area contributed by atoms with Crippen LogP contribution in [-0.4, -0.2) is 53.0 Å². The summed E-state index contributed by atoms with van der Waals surface area (Å²) in [6, 6.07) is 19.9. The molecule has 0 bridgehead atoms. The topological polar surface area (TPSA) is 116 Å². The first-order valence-electron chi connectivity index (χ1n) is 13.2. The van der Waals surface area contributed by atoms with Crippen molar-refractivity contribution < 1.29 is 23.9 Å². The van der Waals surface area contributed by atoms with Crippen LogP contribution in [0.1, 0.15) is 47.6 Å². The molecule has 1 heterocycles. The van der Waals surface area contributed by atoms with E-state index in [1.807, 2.05) is 24.3 Å². The fraction of sp³-hybridized carbons (Fsp3) is 0.300. The number of nitrogens with zero attached hydrogens (tertiary/aromatic N) is 4. The minimum Gasteiger partial charge on any atom is -0.497 e. The molecule has 4 aromatic rings. The second kappa shape index (κ2) is 12.0. The van der Waals surface area contributed by atoms with Gasteiger partial charge in [-0.15, -0.1) is 5.10 Å². The van der Waals surface area contributed by atoms with Crippen LogP contribution in [0.5, 0.6) is 5.75 Å². The summed E-state index contributed by atoms with van der Waals surface area (Å²) in [5, 5.41) is 11.5. The smallest absolute Gasteiger partial charge is 0.337 e. The molecule has 2 amide bonds. The Balaban J connectivity index is 1.62. The summed E-state index contributed by atoms with van der Waals surface area (Å²) in [4.78, 5) is 42.1. The van der Waals surface area contributed by atoms with E-state index in [2.05, 4.69) is 15.6 Å². The third-order valence-corrected chi connectivity index (χ3v) is 7.14. The number of nitrogens with one attached hydrogen (secondary N) is 1. The Morgan fingerprint density at radius 2 is 1.77 bits per heavy atom. The van der Waals surface area contributed by atoms with Crippen molar-refractivity contribution in [2.75, 3.05) is 19.1 Å². The largest absolute Gasteiger partial charge is 0.497 e. The van der Waals surface area contributed by atoms with Gasteiger partial charge in [0.05, 0.1) is 25.3 Å². The molecule has 0 spiro atoms. The average molecular weight is 542 g/mol. The first-order chi connectivity index (χ1) is 19.5. The van der Waals surface area contributed by atoms with E-state index in [0.717, 1.165) is 25.7 Å². The predicted molar refractivity (Wildman–Crippen MR) is 149 cm³/mol. The van der Waals surface area contributed by atoms with Crippen molar-refractivity contribution in [1.29, 1.82) is 0 Å². The van der Waals surface area contributed by atoms with E-state index in [-0.39, 0.29) is 24.1 Å². The van der Waals surface area contributed by atoms with E-state index in [9.17, 15) is 14.4 Å². The van der Waals surface area contributed by atoms with Gasteiger partial charge in [0.25, 0.3) is 0 Å². The highest BCUT2D eigenvalue weighted by Crippen LogP contribution is 2.32. The van der Waals surface area contributed by atoms with Gasteiger partial charge in [-0.2, -0.15) is 0 Å². The summed E-state index contributed by atoms with van der Waals surface area (Å²) >= 11 is 0. The third kappa shape index (κ3) is 5.66. The highest BCUT2D eigenvalue weighted by Gasteiger charge is 2.35. The van der Waals surface area contributed by atoms with Gasteiger partial charge >= 0.3 is 5.97 Å². The number of fused-ring (bicyclic) bond motifs is 1. The number of aromatic nitrogens is 3. The van der Waals surface area contributed by atoms with Gasteiger partial charge < -0.3 is 14.8 Å². The molecule has 1 fully saturated rings. The molecule has 1 aliphatic rings. The molecule has 0 aliphatic heterocycles. The quantitative estimate of drug-likeness (QED) is 0.318. The van der Waals surface area contributed by atoms with E-state index in [1.54, 1.807) is 55.6 Å². The maximum absolute atomic E-state index is 14.2. The van der Waals surface area contributed by atoms with Crippen molar-refractivity contribution in [3.8, 4) is 5.75 Å². The molecular weight excluding hydrogens is 510 g/mol. The second-order valence-electron chi connectivity index (χ2n) is 9.71. The van der Waals surface area contributed by atoms with Gasteiger partial charge in [-0.1, -0.05) is 48.4 Å². The van der Waals surface area contributed by atoms with Crippen LogP contribution in [0, 0.1) is 0 Å². The monoisotopic (exact) mass is 541 g/mol. The Morgan fingerprint density at radius 3 is 2.55 bits per heavy atom. The molecule has 10 heteroatoms. The fourth-order valence-corrected chi connectivity index (χ4v) is 5.16. The number of hydrogen-bond acceptors (Lipinski definition) is 7. The van der Waals surface area contributed by atoms with Crippen LogP contribution in [0.3, 0.4) is 0 Å². The van der Waals surface area contributed by atoms with Crippen molar-refractivity contribution in [3.63, 3.8) is 0 Å². The summed E-state index contributed by atoms with van der Waals surface area (Å²) in [6.45, 7) is -0.180. The number of rotatable bonds is 9. The minimum absolute atomic E-state index is 0.0261.